The number of aromatic nitrogens is 2. The molecule has 0 aliphatic carbocycles. The SMILES string of the molecule is Cn1nc(C2CCC(=O)NC2=O)c2cccc(N3CCC(N4CCN(C(=O)OC(C)(C)C)CC4)C3)c21. The van der Waals surface area contributed by atoms with Gasteiger partial charge in [0.1, 0.15) is 5.60 Å². The number of carbonyl (C=O) groups is 3. The average molecular weight is 497 g/mol. The molecule has 5 rings (SSSR count). The molecule has 36 heavy (non-hydrogen) atoms. The van der Waals surface area contributed by atoms with Crippen LogP contribution in [0.5, 0.6) is 0 Å². The first-order valence-electron chi connectivity index (χ1n) is 12.9. The van der Waals surface area contributed by atoms with Crippen molar-refractivity contribution in [1.82, 2.24) is 24.9 Å². The van der Waals surface area contributed by atoms with Crippen LogP contribution >= 0.6 is 0 Å². The largest absolute Gasteiger partial charge is 0.444 e. The Morgan fingerprint density at radius 2 is 1.83 bits per heavy atom. The van der Waals surface area contributed by atoms with Gasteiger partial charge in [0.2, 0.25) is 11.8 Å². The zero-order chi connectivity index (χ0) is 25.6. The van der Waals surface area contributed by atoms with E-state index in [1.54, 1.807) is 4.90 Å². The van der Waals surface area contributed by atoms with Gasteiger partial charge in [-0.3, -0.25) is 24.5 Å². The second-order valence-corrected chi connectivity index (χ2v) is 11.1. The average Bonchev–Trinajstić information content (AvgIpc) is 3.44. The molecule has 4 heterocycles. The molecule has 1 aromatic carbocycles. The number of piperazine rings is 1. The lowest BCUT2D eigenvalue weighted by Gasteiger charge is -2.38. The molecule has 2 atom stereocenters. The fourth-order valence-electron chi connectivity index (χ4n) is 5.67. The summed E-state index contributed by atoms with van der Waals surface area (Å²) in [5.41, 5.74) is 2.40. The van der Waals surface area contributed by atoms with Crippen LogP contribution in [0.25, 0.3) is 10.9 Å². The highest BCUT2D eigenvalue weighted by molar-refractivity contribution is 6.03. The van der Waals surface area contributed by atoms with Crippen molar-refractivity contribution in [2.45, 2.75) is 57.6 Å². The van der Waals surface area contributed by atoms with Crippen molar-refractivity contribution >= 4 is 34.5 Å². The number of nitrogens with one attached hydrogen (secondary N) is 1. The Hall–Kier alpha value is -3.14. The van der Waals surface area contributed by atoms with E-state index in [0.717, 1.165) is 54.9 Å². The van der Waals surface area contributed by atoms with Crippen LogP contribution in [0.15, 0.2) is 18.2 Å². The topological polar surface area (TPSA) is 100 Å². The zero-order valence-electron chi connectivity index (χ0n) is 21.6. The quantitative estimate of drug-likeness (QED) is 0.651. The van der Waals surface area contributed by atoms with Crippen molar-refractivity contribution < 1.29 is 19.1 Å². The Labute approximate surface area is 211 Å². The smallest absolute Gasteiger partial charge is 0.410 e. The maximum Gasteiger partial charge on any atom is 0.410 e. The third-order valence-electron chi connectivity index (χ3n) is 7.43. The van der Waals surface area contributed by atoms with E-state index in [1.165, 1.54) is 0 Å². The van der Waals surface area contributed by atoms with Crippen molar-refractivity contribution in [3.63, 3.8) is 0 Å². The molecule has 0 bridgehead atoms. The number of nitrogens with zero attached hydrogens (tertiary/aromatic N) is 5. The highest BCUT2D eigenvalue weighted by atomic mass is 16.6. The number of aryl methyl sites for hydroxylation is 1. The van der Waals surface area contributed by atoms with Gasteiger partial charge >= 0.3 is 6.09 Å². The highest BCUT2D eigenvalue weighted by Gasteiger charge is 2.35. The molecule has 0 saturated carbocycles. The number of hydrogen-bond donors (Lipinski definition) is 1. The van der Waals surface area contributed by atoms with Gasteiger partial charge in [-0.25, -0.2) is 4.79 Å². The van der Waals surface area contributed by atoms with Gasteiger partial charge in [-0.05, 0) is 39.7 Å². The summed E-state index contributed by atoms with van der Waals surface area (Å²) in [7, 11) is 1.92. The van der Waals surface area contributed by atoms with Gasteiger partial charge in [-0.1, -0.05) is 12.1 Å². The van der Waals surface area contributed by atoms with Crippen LogP contribution in [0.4, 0.5) is 10.5 Å². The van der Waals surface area contributed by atoms with Crippen molar-refractivity contribution in [2.75, 3.05) is 44.2 Å². The van der Waals surface area contributed by atoms with Crippen LogP contribution in [0.1, 0.15) is 51.6 Å². The number of rotatable bonds is 3. The summed E-state index contributed by atoms with van der Waals surface area (Å²) in [6.45, 7) is 10.6. The van der Waals surface area contributed by atoms with E-state index in [0.29, 0.717) is 32.0 Å². The number of amides is 3. The summed E-state index contributed by atoms with van der Waals surface area (Å²) < 4.78 is 7.40. The van der Waals surface area contributed by atoms with E-state index >= 15 is 0 Å². The lowest BCUT2D eigenvalue weighted by Crippen LogP contribution is -2.53. The Bertz CT molecular complexity index is 1180. The van der Waals surface area contributed by atoms with Gasteiger partial charge in [-0.15, -0.1) is 0 Å². The fourth-order valence-corrected chi connectivity index (χ4v) is 5.67. The number of anilines is 1. The molecule has 1 N–H and O–H groups in total. The predicted octanol–water partition coefficient (Wildman–Crippen LogP) is 2.22. The number of ether oxygens (including phenoxy) is 1. The van der Waals surface area contributed by atoms with Gasteiger partial charge in [-0.2, -0.15) is 5.10 Å². The van der Waals surface area contributed by atoms with E-state index in [-0.39, 0.29) is 17.9 Å². The zero-order valence-corrected chi connectivity index (χ0v) is 21.6. The number of para-hydroxylation sites is 1. The molecule has 3 saturated heterocycles. The molecule has 3 aliphatic heterocycles. The van der Waals surface area contributed by atoms with E-state index < -0.39 is 11.5 Å². The van der Waals surface area contributed by atoms with Gasteiger partial charge in [0.15, 0.2) is 0 Å². The highest BCUT2D eigenvalue weighted by Crippen LogP contribution is 2.36. The maximum absolute atomic E-state index is 12.5. The van der Waals surface area contributed by atoms with Crippen molar-refractivity contribution in [3.05, 3.63) is 23.9 Å². The minimum atomic E-state index is -0.481. The molecule has 2 unspecified atom stereocenters. The Morgan fingerprint density at radius 3 is 2.53 bits per heavy atom. The molecule has 10 heteroatoms. The molecular formula is C26H36N6O4. The Kier molecular flexibility index (Phi) is 6.40. The Balaban J connectivity index is 1.28. The summed E-state index contributed by atoms with van der Waals surface area (Å²) in [5.74, 6) is -0.884. The second kappa shape index (κ2) is 9.38. The van der Waals surface area contributed by atoms with E-state index in [1.807, 2.05) is 44.6 Å². The minimum Gasteiger partial charge on any atom is -0.444 e. The molecule has 3 fully saturated rings. The standard InChI is InChI=1S/C26H36N6O4/c1-26(2,3)36-25(35)31-14-12-30(13-15-31)17-10-11-32(16-17)20-7-5-6-18-22(28-29(4)23(18)20)19-8-9-21(33)27-24(19)34/h5-7,17,19H,8-16H2,1-4H3,(H,27,33,34). The summed E-state index contributed by atoms with van der Waals surface area (Å²) in [4.78, 5) is 43.3. The van der Waals surface area contributed by atoms with Crippen LogP contribution in [0, 0.1) is 0 Å². The third kappa shape index (κ3) is 4.78. The molecule has 3 aliphatic rings. The number of benzene rings is 1. The monoisotopic (exact) mass is 496 g/mol. The van der Waals surface area contributed by atoms with Crippen molar-refractivity contribution in [3.8, 4) is 0 Å². The van der Waals surface area contributed by atoms with Crippen LogP contribution < -0.4 is 10.2 Å². The van der Waals surface area contributed by atoms with Gasteiger partial charge in [0, 0.05) is 64.2 Å². The van der Waals surface area contributed by atoms with E-state index in [2.05, 4.69) is 21.2 Å². The summed E-state index contributed by atoms with van der Waals surface area (Å²) in [6, 6.07) is 6.60. The molecule has 3 amide bonds. The van der Waals surface area contributed by atoms with Crippen LogP contribution in [0.3, 0.4) is 0 Å². The summed E-state index contributed by atoms with van der Waals surface area (Å²) >= 11 is 0. The lowest BCUT2D eigenvalue weighted by atomic mass is 9.92. The third-order valence-corrected chi connectivity index (χ3v) is 7.43. The minimum absolute atomic E-state index is 0.216. The molecular weight excluding hydrogens is 460 g/mol. The fraction of sp³-hybridized carbons (Fsp3) is 0.615. The van der Waals surface area contributed by atoms with E-state index in [4.69, 9.17) is 9.84 Å². The molecule has 1 aromatic heterocycles. The first-order chi connectivity index (χ1) is 17.1. The Morgan fingerprint density at radius 1 is 1.08 bits per heavy atom. The van der Waals surface area contributed by atoms with Crippen LogP contribution in [0.2, 0.25) is 0 Å². The number of hydrogen-bond acceptors (Lipinski definition) is 7. The molecule has 194 valence electrons. The van der Waals surface area contributed by atoms with E-state index in [9.17, 15) is 14.4 Å². The second-order valence-electron chi connectivity index (χ2n) is 11.1. The van der Waals surface area contributed by atoms with Crippen molar-refractivity contribution in [2.24, 2.45) is 7.05 Å². The molecule has 10 nitrogen and oxygen atoms in total. The predicted molar refractivity (Wildman–Crippen MR) is 136 cm³/mol. The maximum atomic E-state index is 12.5. The molecule has 2 aromatic rings. The van der Waals surface area contributed by atoms with Crippen LogP contribution in [-0.2, 0) is 21.4 Å². The number of fused-ring (bicyclic) bond motifs is 1. The number of carbonyl (C=O) groups excluding carboxylic acids is 3. The molecule has 0 spiro atoms. The first kappa shape index (κ1) is 24.5. The number of imide groups is 1. The number of piperidine rings is 1. The normalized spacial score (nSPS) is 23.9. The first-order valence-corrected chi connectivity index (χ1v) is 12.9. The molecule has 0 radical (unpaired) electrons. The van der Waals surface area contributed by atoms with Crippen molar-refractivity contribution in [1.29, 1.82) is 0 Å². The van der Waals surface area contributed by atoms with Gasteiger partial charge in [0.25, 0.3) is 0 Å². The van der Waals surface area contributed by atoms with Crippen LogP contribution in [-0.4, -0.2) is 88.4 Å². The van der Waals surface area contributed by atoms with Gasteiger partial charge < -0.3 is 14.5 Å². The summed E-state index contributed by atoms with van der Waals surface area (Å²) in [5, 5.41) is 8.17. The van der Waals surface area contributed by atoms with Gasteiger partial charge in [0.05, 0.1) is 22.8 Å². The summed E-state index contributed by atoms with van der Waals surface area (Å²) in [6.07, 6.45) is 1.65. The lowest BCUT2D eigenvalue weighted by molar-refractivity contribution is -0.134.